The largest absolute Gasteiger partial charge is 0.370 e. The average Bonchev–Trinajstić information content (AvgIpc) is 3.14. The number of primary amides is 1. The average molecular weight is 458 g/mol. The second kappa shape index (κ2) is 10.2. The monoisotopic (exact) mass is 457 g/mol. The molecule has 0 unspecified atom stereocenters. The van der Waals surface area contributed by atoms with E-state index < -0.39 is 0 Å². The number of carbonyl (C=O) groups excluding carboxylic acids is 3. The first-order valence-corrected chi connectivity index (χ1v) is 11.1. The lowest BCUT2D eigenvalue weighted by atomic mass is 9.96. The van der Waals surface area contributed by atoms with E-state index in [-0.39, 0.29) is 29.6 Å². The number of nitrogens with one attached hydrogen (secondary N) is 1. The topological polar surface area (TPSA) is 170 Å². The molecule has 7 N–H and O–H groups in total. The summed E-state index contributed by atoms with van der Waals surface area (Å²) in [5.41, 5.74) is 18.5. The lowest BCUT2D eigenvalue weighted by Gasteiger charge is -2.30. The van der Waals surface area contributed by atoms with E-state index in [4.69, 9.17) is 17.2 Å². The number of likely N-dealkylation sites (tertiary alicyclic amines) is 1. The second-order valence-corrected chi connectivity index (χ2v) is 8.65. The highest BCUT2D eigenvalue weighted by Gasteiger charge is 2.29. The van der Waals surface area contributed by atoms with Crippen molar-refractivity contribution < 1.29 is 14.4 Å². The number of nitrogens with two attached hydrogens (primary N) is 3. The van der Waals surface area contributed by atoms with Gasteiger partial charge in [0.15, 0.2) is 11.1 Å². The Hall–Kier alpha value is -3.47. The normalized spacial score (nSPS) is 14.1. The fraction of sp³-hybridized carbons (Fsp3) is 0.381. The van der Waals surface area contributed by atoms with E-state index in [9.17, 15) is 14.4 Å². The minimum Gasteiger partial charge on any atom is -0.370 e. The van der Waals surface area contributed by atoms with Crippen molar-refractivity contribution in [1.82, 2.24) is 9.88 Å². The van der Waals surface area contributed by atoms with E-state index in [0.29, 0.717) is 60.2 Å². The van der Waals surface area contributed by atoms with Gasteiger partial charge in [-0.25, -0.2) is 9.98 Å². The number of rotatable bonds is 7. The Labute approximate surface area is 189 Å². The summed E-state index contributed by atoms with van der Waals surface area (Å²) in [7, 11) is 0. The van der Waals surface area contributed by atoms with Gasteiger partial charge in [-0.1, -0.05) is 23.5 Å². The molecule has 0 bridgehead atoms. The predicted molar refractivity (Wildman–Crippen MR) is 124 cm³/mol. The lowest BCUT2D eigenvalue weighted by molar-refractivity contribution is -0.123. The van der Waals surface area contributed by atoms with Crippen molar-refractivity contribution in [2.45, 2.75) is 32.6 Å². The molecule has 1 aliphatic rings. The molecule has 32 heavy (non-hydrogen) atoms. The summed E-state index contributed by atoms with van der Waals surface area (Å²) >= 11 is 1.17. The van der Waals surface area contributed by atoms with Crippen molar-refractivity contribution in [2.24, 2.45) is 28.1 Å². The summed E-state index contributed by atoms with van der Waals surface area (Å²) in [5.74, 6) is -0.915. The van der Waals surface area contributed by atoms with E-state index in [1.165, 1.54) is 18.3 Å². The van der Waals surface area contributed by atoms with Gasteiger partial charge >= 0.3 is 0 Å². The molecule has 0 radical (unpaired) electrons. The fourth-order valence-electron chi connectivity index (χ4n) is 3.55. The van der Waals surface area contributed by atoms with Gasteiger partial charge in [0.1, 0.15) is 4.88 Å². The number of aromatic nitrogens is 1. The third-order valence-corrected chi connectivity index (χ3v) is 6.21. The van der Waals surface area contributed by atoms with E-state index in [0.717, 1.165) is 5.56 Å². The van der Waals surface area contributed by atoms with E-state index >= 15 is 0 Å². The number of amides is 3. The Balaban J connectivity index is 1.74. The highest BCUT2D eigenvalue weighted by molar-refractivity contribution is 7.17. The SMILES string of the molecule is CC(=O)Nc1nc(CCc2ccc(N=C(N)N)cc2)c(C(=O)N2CCC(C(N)=O)CC2)s1. The smallest absolute Gasteiger partial charge is 0.265 e. The Morgan fingerprint density at radius 1 is 1.12 bits per heavy atom. The first-order chi connectivity index (χ1) is 15.2. The molecular formula is C21H27N7O3S. The third-order valence-electron chi connectivity index (χ3n) is 5.20. The standard InChI is InChI=1S/C21H27N7O3S/c1-12(29)25-21-27-16(7-4-13-2-5-15(6-3-13)26-20(23)24)17(32-21)19(31)28-10-8-14(9-11-28)18(22)30/h2-3,5-6,14H,4,7-11H2,1H3,(H2,22,30)(H4,23,24,26)(H,25,27,29). The van der Waals surface area contributed by atoms with Gasteiger partial charge in [0, 0.05) is 25.9 Å². The number of thiazole rings is 1. The minimum atomic E-state index is -0.325. The Bertz CT molecular complexity index is 1020. The van der Waals surface area contributed by atoms with Gasteiger partial charge < -0.3 is 27.4 Å². The number of aryl methyl sites for hydroxylation is 2. The molecule has 0 atom stereocenters. The van der Waals surface area contributed by atoms with Gasteiger partial charge in [-0.2, -0.15) is 0 Å². The number of benzene rings is 1. The van der Waals surface area contributed by atoms with E-state index in [1.54, 1.807) is 4.90 Å². The zero-order valence-electron chi connectivity index (χ0n) is 17.8. The Kier molecular flexibility index (Phi) is 7.41. The molecule has 2 heterocycles. The number of aliphatic imine (C=N–C) groups is 1. The molecule has 1 aliphatic heterocycles. The molecule has 1 aromatic heterocycles. The summed E-state index contributed by atoms with van der Waals surface area (Å²) < 4.78 is 0. The van der Waals surface area contributed by atoms with Crippen molar-refractivity contribution in [2.75, 3.05) is 18.4 Å². The van der Waals surface area contributed by atoms with Crippen LogP contribution in [0.5, 0.6) is 0 Å². The van der Waals surface area contributed by atoms with Crippen LogP contribution in [0, 0.1) is 5.92 Å². The molecule has 1 fully saturated rings. The lowest BCUT2D eigenvalue weighted by Crippen LogP contribution is -2.41. The Morgan fingerprint density at radius 3 is 2.34 bits per heavy atom. The van der Waals surface area contributed by atoms with Gasteiger partial charge in [0.2, 0.25) is 11.8 Å². The van der Waals surface area contributed by atoms with Crippen molar-refractivity contribution in [1.29, 1.82) is 0 Å². The number of hydrogen-bond acceptors (Lipinski definition) is 6. The highest BCUT2D eigenvalue weighted by atomic mass is 32.1. The summed E-state index contributed by atoms with van der Waals surface area (Å²) in [4.78, 5) is 46.8. The summed E-state index contributed by atoms with van der Waals surface area (Å²) in [6.45, 7) is 2.33. The summed E-state index contributed by atoms with van der Waals surface area (Å²) in [5, 5.41) is 3.06. The third kappa shape index (κ3) is 6.03. The van der Waals surface area contributed by atoms with E-state index in [1.807, 2.05) is 24.3 Å². The van der Waals surface area contributed by atoms with Crippen LogP contribution in [-0.4, -0.2) is 46.7 Å². The molecule has 170 valence electrons. The predicted octanol–water partition coefficient (Wildman–Crippen LogP) is 1.13. The van der Waals surface area contributed by atoms with Gasteiger partial charge in [-0.15, -0.1) is 0 Å². The van der Waals surface area contributed by atoms with Crippen LogP contribution in [0.4, 0.5) is 10.8 Å². The molecule has 11 heteroatoms. The first-order valence-electron chi connectivity index (χ1n) is 10.3. The van der Waals surface area contributed by atoms with Crippen LogP contribution in [0.2, 0.25) is 0 Å². The number of carbonyl (C=O) groups is 3. The van der Waals surface area contributed by atoms with E-state index in [2.05, 4.69) is 15.3 Å². The van der Waals surface area contributed by atoms with Crippen LogP contribution in [0.3, 0.4) is 0 Å². The van der Waals surface area contributed by atoms with Crippen LogP contribution < -0.4 is 22.5 Å². The minimum absolute atomic E-state index is 0.00580. The number of piperidine rings is 1. The van der Waals surface area contributed by atoms with Crippen LogP contribution in [0.15, 0.2) is 29.3 Å². The maximum atomic E-state index is 13.2. The molecule has 3 amide bonds. The molecule has 0 saturated carbocycles. The molecule has 2 aromatic rings. The van der Waals surface area contributed by atoms with Gasteiger partial charge in [-0.3, -0.25) is 14.4 Å². The van der Waals surface area contributed by atoms with Gasteiger partial charge in [0.05, 0.1) is 11.4 Å². The van der Waals surface area contributed by atoms with Crippen LogP contribution in [-0.2, 0) is 22.4 Å². The molecule has 10 nitrogen and oxygen atoms in total. The van der Waals surface area contributed by atoms with Crippen molar-refractivity contribution in [3.63, 3.8) is 0 Å². The van der Waals surface area contributed by atoms with Crippen molar-refractivity contribution in [3.8, 4) is 0 Å². The maximum Gasteiger partial charge on any atom is 0.265 e. The molecule has 1 aromatic carbocycles. The molecular weight excluding hydrogens is 430 g/mol. The summed E-state index contributed by atoms with van der Waals surface area (Å²) in [6, 6.07) is 7.46. The zero-order chi connectivity index (χ0) is 23.3. The highest BCUT2D eigenvalue weighted by Crippen LogP contribution is 2.28. The second-order valence-electron chi connectivity index (χ2n) is 7.65. The first kappa shape index (κ1) is 23.2. The number of nitrogens with zero attached hydrogens (tertiary/aromatic N) is 3. The van der Waals surface area contributed by atoms with Crippen LogP contribution >= 0.6 is 11.3 Å². The van der Waals surface area contributed by atoms with Gasteiger partial charge in [-0.05, 0) is 43.4 Å². The van der Waals surface area contributed by atoms with Crippen LogP contribution in [0.1, 0.15) is 40.7 Å². The van der Waals surface area contributed by atoms with Gasteiger partial charge in [0.25, 0.3) is 5.91 Å². The number of hydrogen-bond donors (Lipinski definition) is 4. The van der Waals surface area contributed by atoms with Crippen molar-refractivity contribution >= 4 is 45.8 Å². The molecule has 1 saturated heterocycles. The molecule has 0 aliphatic carbocycles. The van der Waals surface area contributed by atoms with Crippen LogP contribution in [0.25, 0.3) is 0 Å². The summed E-state index contributed by atoms with van der Waals surface area (Å²) in [6.07, 6.45) is 2.28. The number of guanidine groups is 1. The Morgan fingerprint density at radius 2 is 1.78 bits per heavy atom. The van der Waals surface area contributed by atoms with Crippen molar-refractivity contribution in [3.05, 3.63) is 40.4 Å². The maximum absolute atomic E-state index is 13.2. The fourth-order valence-corrected chi connectivity index (χ4v) is 4.58. The quantitative estimate of drug-likeness (QED) is 0.359. The number of anilines is 1. The molecule has 0 spiro atoms. The molecule has 3 rings (SSSR count). The zero-order valence-corrected chi connectivity index (χ0v) is 18.7.